The van der Waals surface area contributed by atoms with Gasteiger partial charge in [0.1, 0.15) is 60.0 Å². The van der Waals surface area contributed by atoms with Gasteiger partial charge in [0.15, 0.2) is 0 Å². The van der Waals surface area contributed by atoms with Crippen LogP contribution in [0.5, 0.6) is 0 Å². The number of nitrogens with zero attached hydrogens (tertiary/aromatic N) is 9. The third-order valence-electron chi connectivity index (χ3n) is 23.9. The van der Waals surface area contributed by atoms with Gasteiger partial charge >= 0.3 is 0 Å². The molecule has 3 aliphatic heterocycles. The van der Waals surface area contributed by atoms with Crippen molar-refractivity contribution in [1.29, 1.82) is 0 Å². The second kappa shape index (κ2) is 36.2. The van der Waals surface area contributed by atoms with E-state index in [1.807, 2.05) is 19.9 Å². The van der Waals surface area contributed by atoms with E-state index in [1.54, 1.807) is 19.9 Å². The first-order valence-corrected chi connectivity index (χ1v) is 38.7. The lowest BCUT2D eigenvalue weighted by atomic mass is 9.74. The van der Waals surface area contributed by atoms with Gasteiger partial charge in [-0.15, -0.1) is 23.2 Å². The molecule has 0 aromatic carbocycles. The van der Waals surface area contributed by atoms with E-state index in [9.17, 15) is 28.8 Å². The molecule has 6 unspecified atom stereocenters. The molecule has 2 saturated heterocycles. The quantitative estimate of drug-likeness (QED) is 0.157. The van der Waals surface area contributed by atoms with Crippen LogP contribution in [0.15, 0.2) is 12.2 Å². The van der Waals surface area contributed by atoms with Crippen molar-refractivity contribution in [3.8, 4) is 0 Å². The van der Waals surface area contributed by atoms with Crippen molar-refractivity contribution in [1.82, 2.24) is 60.0 Å². The number of likely N-dealkylation sites (N-methyl/N-ethyl adjacent to an activating group) is 7. The number of alkyl halides is 3. The zero-order chi connectivity index (χ0) is 74.8. The number of hydrogen-bond acceptors (Lipinski definition) is 13. The molecule has 5 aliphatic carbocycles. The molecule has 28 heteroatoms. The largest absolute Gasteiger partial charge is 0.377 e. The van der Waals surface area contributed by atoms with E-state index in [0.29, 0.717) is 64.2 Å². The first kappa shape index (κ1) is 81.5. The van der Waals surface area contributed by atoms with Crippen LogP contribution in [-0.4, -0.2) is 281 Å². The summed E-state index contributed by atoms with van der Waals surface area (Å²) in [6, 6.07) is -9.69. The van der Waals surface area contributed by atoms with Crippen molar-refractivity contribution in [3.05, 3.63) is 12.2 Å². The topological polar surface area (TPSA) is 279 Å². The number of carbonyl (C=O) groups is 12. The van der Waals surface area contributed by atoms with Crippen LogP contribution in [-0.2, 0) is 62.3 Å². The van der Waals surface area contributed by atoms with Crippen LogP contribution in [0.2, 0.25) is 0 Å². The van der Waals surface area contributed by atoms with Gasteiger partial charge in [-0.05, 0) is 152 Å². The standard InChI is InChI=1S/C74H117Cl2FN12O13/c1-13-44(3)63-71(99)83(8)43-62(92)84(9)55-23-16-15-19-34-88(70(55)98)59(38-49-28-29-50(77)35-45(49)4)69(97)82(7)42-60(90)78-54(31-27-46-26-30-52(75)53(76)36-46)67(95)89-41-51(102-14-2)39-57(89)66(94)80-74(32-20-33-74)73(101)87(12)64(48-21-17-18-22-48)72(100)86(11)58(68(96)81(5)6)40-61(91)85(10)56(65(93)79-63)37-47-24-25-47/h15-16,44-59,63-64H,13-14,17-43H2,1-12H3,(H,78,90)(H,79,93)(H,80,94)/b16-15-/t44-,45?,46?,49?,50?,51+,52?,53?,54-,55-,56-,57-,58-,59-,63-,64-/m0/s1. The van der Waals surface area contributed by atoms with Gasteiger partial charge in [0, 0.05) is 87.9 Å². The Kier molecular flexibility index (Phi) is 29.0. The van der Waals surface area contributed by atoms with Crippen molar-refractivity contribution in [2.75, 3.05) is 89.2 Å². The summed E-state index contributed by atoms with van der Waals surface area (Å²) >= 11 is 13.3. The highest BCUT2D eigenvalue weighted by molar-refractivity contribution is 6.30. The summed E-state index contributed by atoms with van der Waals surface area (Å²) in [5.74, 6) is -8.48. The Morgan fingerprint density at radius 2 is 1.34 bits per heavy atom. The third kappa shape index (κ3) is 19.7. The van der Waals surface area contributed by atoms with Crippen LogP contribution < -0.4 is 16.0 Å². The van der Waals surface area contributed by atoms with E-state index in [-0.39, 0.29) is 118 Å². The Morgan fingerprint density at radius 3 is 1.96 bits per heavy atom. The van der Waals surface area contributed by atoms with E-state index in [4.69, 9.17) is 27.9 Å². The average Bonchev–Trinajstić information content (AvgIpc) is 1.16. The molecule has 25 nitrogen and oxygen atoms in total. The Morgan fingerprint density at radius 1 is 0.667 bits per heavy atom. The van der Waals surface area contributed by atoms with Gasteiger partial charge in [-0.3, -0.25) is 57.5 Å². The highest BCUT2D eigenvalue weighted by atomic mass is 35.5. The fourth-order valence-electron chi connectivity index (χ4n) is 16.7. The van der Waals surface area contributed by atoms with Crippen molar-refractivity contribution < 1.29 is 66.7 Å². The third-order valence-corrected chi connectivity index (χ3v) is 25.1. The number of ether oxygens (including phenoxy) is 1. The smallest absolute Gasteiger partial charge is 0.248 e. The monoisotopic (exact) mass is 1470 g/mol. The van der Waals surface area contributed by atoms with Crippen LogP contribution in [0, 0.1) is 35.5 Å². The number of halogens is 3. The lowest BCUT2D eigenvalue weighted by molar-refractivity contribution is -0.158. The molecule has 8 rings (SSSR count). The van der Waals surface area contributed by atoms with Crippen LogP contribution in [0.25, 0.3) is 0 Å². The highest BCUT2D eigenvalue weighted by Crippen LogP contribution is 2.41. The highest BCUT2D eigenvalue weighted by Gasteiger charge is 2.54. The number of fused-ring (bicyclic) bond motifs is 3. The summed E-state index contributed by atoms with van der Waals surface area (Å²) in [5, 5.41) is 8.42. The van der Waals surface area contributed by atoms with E-state index in [2.05, 4.69) is 16.0 Å². The normalized spacial score (nSPS) is 33.5. The first-order valence-electron chi connectivity index (χ1n) is 37.8. The minimum atomic E-state index is -1.52. The second-order valence-corrected chi connectivity index (χ2v) is 32.5. The lowest BCUT2D eigenvalue weighted by Crippen LogP contribution is -2.68. The summed E-state index contributed by atoms with van der Waals surface area (Å²) in [6.45, 7) is 6.52. The summed E-state index contributed by atoms with van der Waals surface area (Å²) in [6.07, 6.45) is 11.2. The molecular weight excluding hydrogens is 1350 g/mol. The molecular formula is C74H117Cl2FN12O13. The van der Waals surface area contributed by atoms with Gasteiger partial charge in [-0.2, -0.15) is 0 Å². The van der Waals surface area contributed by atoms with Crippen LogP contribution in [0.1, 0.15) is 182 Å². The fraction of sp³-hybridized carbons (Fsp3) is 0.811. The van der Waals surface area contributed by atoms with E-state index in [1.165, 1.54) is 100 Å². The second-order valence-electron chi connectivity index (χ2n) is 31.4. The van der Waals surface area contributed by atoms with Crippen LogP contribution in [0.4, 0.5) is 4.39 Å². The zero-order valence-electron chi connectivity index (χ0n) is 62.5. The molecule has 0 aromatic rings. The molecule has 3 heterocycles. The Balaban J connectivity index is 1.19. The minimum absolute atomic E-state index is 0.0236. The number of hydrogen-bond donors (Lipinski definition) is 3. The zero-order valence-corrected chi connectivity index (χ0v) is 64.0. The number of amides is 12. The number of rotatable bonds is 13. The average molecular weight is 1470 g/mol. The van der Waals surface area contributed by atoms with Gasteiger partial charge in [-0.1, -0.05) is 65.0 Å². The number of nitrogens with one attached hydrogen (secondary N) is 3. The maximum atomic E-state index is 15.6. The molecule has 2 bridgehead atoms. The van der Waals surface area contributed by atoms with Gasteiger partial charge in [0.2, 0.25) is 70.9 Å². The van der Waals surface area contributed by atoms with Gasteiger partial charge in [-0.25, -0.2) is 4.39 Å². The Labute approximate surface area is 613 Å². The molecule has 12 amide bonds. The maximum Gasteiger partial charge on any atom is 0.248 e. The number of carbonyl (C=O) groups excluding carboxylic acids is 12. The molecule has 1 spiro atoms. The molecule has 0 radical (unpaired) electrons. The van der Waals surface area contributed by atoms with Gasteiger partial charge in [0.25, 0.3) is 0 Å². The SMILES string of the molecule is CCO[C@@H]1C[C@H]2C(=O)NC3(CCC3)C(=O)N(C)[C@@H](C3CCCC3)C(=O)N(C)[C@H](C(=O)N(C)C)CC(=O)N(C)[C@@H](CC3CC3)C(=O)N[C@@H]([C@@H](C)CC)C(=O)N(C)CC(=O)N(C)[C@H]3C/C=C\CCN(C3=O)[C@@H](CC3CCC(F)CC3C)C(=O)N(C)CC(=O)N[C@@H](CCC3CCC(Cl)C(Cl)C3)C(=O)N2C1. The molecule has 0 aromatic heterocycles. The van der Waals surface area contributed by atoms with Crippen LogP contribution in [0.3, 0.4) is 0 Å². The van der Waals surface area contributed by atoms with Gasteiger partial charge < -0.3 is 64.8 Å². The molecule has 3 N–H and O–H groups in total. The predicted octanol–water partition coefficient (Wildman–Crippen LogP) is 5.26. The molecule has 102 heavy (non-hydrogen) atoms. The molecule has 16 atom stereocenters. The predicted molar refractivity (Wildman–Crippen MR) is 383 cm³/mol. The van der Waals surface area contributed by atoms with E-state index < -0.39 is 162 Å². The van der Waals surface area contributed by atoms with Crippen molar-refractivity contribution >= 4 is 94.1 Å². The summed E-state index contributed by atoms with van der Waals surface area (Å²) in [5.41, 5.74) is -1.52. The summed E-state index contributed by atoms with van der Waals surface area (Å²) in [7, 11) is 11.8. The Hall–Kier alpha value is -6.15. The van der Waals surface area contributed by atoms with Gasteiger partial charge in [0.05, 0.1) is 31.0 Å². The Bertz CT molecular complexity index is 3060. The van der Waals surface area contributed by atoms with E-state index in [0.717, 1.165) is 25.7 Å². The van der Waals surface area contributed by atoms with Crippen molar-refractivity contribution in [2.45, 2.75) is 259 Å². The molecule has 5 saturated carbocycles. The maximum absolute atomic E-state index is 15.6. The van der Waals surface area contributed by atoms with Crippen molar-refractivity contribution in [2.24, 2.45) is 35.5 Å². The van der Waals surface area contributed by atoms with E-state index >= 15 is 33.2 Å². The molecule has 7 fully saturated rings. The van der Waals surface area contributed by atoms with Crippen molar-refractivity contribution in [3.63, 3.8) is 0 Å². The summed E-state index contributed by atoms with van der Waals surface area (Å²) < 4.78 is 21.2. The van der Waals surface area contributed by atoms with Crippen LogP contribution >= 0.6 is 23.2 Å². The minimum Gasteiger partial charge on any atom is -0.377 e. The molecule has 572 valence electrons. The molecule has 8 aliphatic rings. The first-order chi connectivity index (χ1) is 48.3. The summed E-state index contributed by atoms with van der Waals surface area (Å²) in [4.78, 5) is 193. The lowest BCUT2D eigenvalue weighted by Gasteiger charge is -2.46. The fourth-order valence-corrected chi connectivity index (χ4v) is 17.3.